The lowest BCUT2D eigenvalue weighted by atomic mass is 10.2. The van der Waals surface area contributed by atoms with Gasteiger partial charge in [0.2, 0.25) is 0 Å². The molecule has 0 aliphatic carbocycles. The first-order valence-corrected chi connectivity index (χ1v) is 3.59. The van der Waals surface area contributed by atoms with Gasteiger partial charge < -0.3 is 5.32 Å². The highest BCUT2D eigenvalue weighted by atomic mass is 15.0. The number of hydrogen-bond acceptors (Lipinski definition) is 1. The summed E-state index contributed by atoms with van der Waals surface area (Å²) in [6.07, 6.45) is 4.06. The predicted molar refractivity (Wildman–Crippen MR) is 35.9 cm³/mol. The van der Waals surface area contributed by atoms with Crippen LogP contribution in [0.25, 0.3) is 0 Å². The van der Waals surface area contributed by atoms with Crippen LogP contribution in [0.1, 0.15) is 33.1 Å². The smallest absolute Gasteiger partial charge is 0.00674 e. The molecule has 0 amide bonds. The molecule has 1 N–H and O–H groups in total. The van der Waals surface area contributed by atoms with Crippen LogP contribution >= 0.6 is 0 Å². The molecular formula is C7H15N. The fourth-order valence-electron chi connectivity index (χ4n) is 1.34. The molecular weight excluding hydrogens is 98.1 g/mol. The fraction of sp³-hybridized carbons (Fsp3) is 1.00. The summed E-state index contributed by atoms with van der Waals surface area (Å²) >= 11 is 0. The van der Waals surface area contributed by atoms with Crippen molar-refractivity contribution in [3.63, 3.8) is 0 Å². The van der Waals surface area contributed by atoms with Crippen molar-refractivity contribution in [1.82, 2.24) is 5.32 Å². The Balaban J connectivity index is 2.22. The molecule has 1 nitrogen and oxygen atoms in total. The van der Waals surface area contributed by atoms with Gasteiger partial charge in [-0.15, -0.1) is 0 Å². The van der Waals surface area contributed by atoms with Gasteiger partial charge in [-0.05, 0) is 26.2 Å². The van der Waals surface area contributed by atoms with Crippen LogP contribution in [0, 0.1) is 0 Å². The van der Waals surface area contributed by atoms with E-state index in [9.17, 15) is 0 Å². The normalized spacial score (nSPS) is 38.2. The lowest BCUT2D eigenvalue weighted by Crippen LogP contribution is -2.25. The average molecular weight is 113 g/mol. The molecule has 1 saturated heterocycles. The van der Waals surface area contributed by atoms with Gasteiger partial charge in [0.05, 0.1) is 0 Å². The van der Waals surface area contributed by atoms with E-state index >= 15 is 0 Å². The minimum atomic E-state index is 0.778. The van der Waals surface area contributed by atoms with Crippen molar-refractivity contribution in [2.75, 3.05) is 0 Å². The zero-order valence-corrected chi connectivity index (χ0v) is 5.78. The molecule has 1 aliphatic heterocycles. The summed E-state index contributed by atoms with van der Waals surface area (Å²) in [6.45, 7) is 4.51. The summed E-state index contributed by atoms with van der Waals surface area (Å²) in [7, 11) is 0. The van der Waals surface area contributed by atoms with Crippen LogP contribution in [0.5, 0.6) is 0 Å². The molecule has 0 spiro atoms. The van der Waals surface area contributed by atoms with E-state index in [1.54, 1.807) is 0 Å². The van der Waals surface area contributed by atoms with Gasteiger partial charge in [0, 0.05) is 12.1 Å². The highest BCUT2D eigenvalue weighted by molar-refractivity contribution is 4.78. The lowest BCUT2D eigenvalue weighted by molar-refractivity contribution is 0.548. The van der Waals surface area contributed by atoms with Gasteiger partial charge in [-0.2, -0.15) is 0 Å². The van der Waals surface area contributed by atoms with Crippen molar-refractivity contribution >= 4 is 0 Å². The largest absolute Gasteiger partial charge is 0.312 e. The molecule has 0 bridgehead atoms. The fourth-order valence-corrected chi connectivity index (χ4v) is 1.34. The summed E-state index contributed by atoms with van der Waals surface area (Å²) in [5.74, 6) is 0. The van der Waals surface area contributed by atoms with Crippen LogP contribution in [0.4, 0.5) is 0 Å². The Labute approximate surface area is 51.5 Å². The first kappa shape index (κ1) is 6.09. The van der Waals surface area contributed by atoms with Crippen LogP contribution in [0.3, 0.4) is 0 Å². The maximum atomic E-state index is 3.50. The van der Waals surface area contributed by atoms with Crippen molar-refractivity contribution in [1.29, 1.82) is 0 Å². The summed E-state index contributed by atoms with van der Waals surface area (Å²) in [5.41, 5.74) is 0. The molecule has 0 aromatic rings. The predicted octanol–water partition coefficient (Wildman–Crippen LogP) is 1.54. The van der Waals surface area contributed by atoms with Crippen molar-refractivity contribution in [2.24, 2.45) is 0 Å². The summed E-state index contributed by atoms with van der Waals surface area (Å²) in [5, 5.41) is 3.50. The van der Waals surface area contributed by atoms with Crippen LogP contribution in [0.2, 0.25) is 0 Å². The van der Waals surface area contributed by atoms with Crippen molar-refractivity contribution in [3.05, 3.63) is 0 Å². The molecule has 1 fully saturated rings. The third-order valence-electron chi connectivity index (χ3n) is 1.96. The van der Waals surface area contributed by atoms with E-state index in [1.165, 1.54) is 19.3 Å². The van der Waals surface area contributed by atoms with Gasteiger partial charge in [-0.1, -0.05) is 6.92 Å². The molecule has 0 radical (unpaired) electrons. The molecule has 1 heteroatoms. The van der Waals surface area contributed by atoms with Crippen LogP contribution in [0.15, 0.2) is 0 Å². The Morgan fingerprint density at radius 2 is 2.25 bits per heavy atom. The van der Waals surface area contributed by atoms with Crippen molar-refractivity contribution in [3.8, 4) is 0 Å². The monoisotopic (exact) mass is 113 g/mol. The topological polar surface area (TPSA) is 12.0 Å². The number of hydrogen-bond donors (Lipinski definition) is 1. The first-order valence-electron chi connectivity index (χ1n) is 3.59. The van der Waals surface area contributed by atoms with Crippen molar-refractivity contribution < 1.29 is 0 Å². The van der Waals surface area contributed by atoms with Crippen LogP contribution in [-0.2, 0) is 0 Å². The summed E-state index contributed by atoms with van der Waals surface area (Å²) < 4.78 is 0. The average Bonchev–Trinajstić information content (AvgIpc) is 2.14. The second-order valence-electron chi connectivity index (χ2n) is 2.75. The molecule has 0 aromatic carbocycles. The SMILES string of the molecule is CCC1CC[C@@H](C)N1. The minimum absolute atomic E-state index is 0.778. The van der Waals surface area contributed by atoms with E-state index in [4.69, 9.17) is 0 Å². The highest BCUT2D eigenvalue weighted by Crippen LogP contribution is 2.13. The lowest BCUT2D eigenvalue weighted by Gasteiger charge is -2.06. The standard InChI is InChI=1S/C7H15N/c1-3-7-5-4-6(2)8-7/h6-8H,3-5H2,1-2H3/t6-,7?/m1/s1. The molecule has 48 valence electrons. The summed E-state index contributed by atoms with van der Waals surface area (Å²) in [4.78, 5) is 0. The quantitative estimate of drug-likeness (QED) is 0.544. The van der Waals surface area contributed by atoms with Crippen LogP contribution < -0.4 is 5.32 Å². The Bertz CT molecular complexity index is 70.8. The number of rotatable bonds is 1. The van der Waals surface area contributed by atoms with Gasteiger partial charge >= 0.3 is 0 Å². The van der Waals surface area contributed by atoms with Gasteiger partial charge in [0.15, 0.2) is 0 Å². The molecule has 1 aliphatic rings. The van der Waals surface area contributed by atoms with E-state index in [-0.39, 0.29) is 0 Å². The maximum Gasteiger partial charge on any atom is 0.00674 e. The second kappa shape index (κ2) is 2.49. The highest BCUT2D eigenvalue weighted by Gasteiger charge is 2.17. The van der Waals surface area contributed by atoms with Crippen LogP contribution in [-0.4, -0.2) is 12.1 Å². The van der Waals surface area contributed by atoms with Crippen molar-refractivity contribution in [2.45, 2.75) is 45.2 Å². The molecule has 1 rings (SSSR count). The molecule has 1 heterocycles. The molecule has 2 atom stereocenters. The van der Waals surface area contributed by atoms with E-state index < -0.39 is 0 Å². The Kier molecular flexibility index (Phi) is 1.90. The molecule has 0 aromatic heterocycles. The van der Waals surface area contributed by atoms with Gasteiger partial charge in [0.1, 0.15) is 0 Å². The van der Waals surface area contributed by atoms with E-state index in [2.05, 4.69) is 19.2 Å². The van der Waals surface area contributed by atoms with E-state index in [1.807, 2.05) is 0 Å². The third-order valence-corrected chi connectivity index (χ3v) is 1.96. The number of nitrogens with one attached hydrogen (secondary N) is 1. The Morgan fingerprint density at radius 3 is 2.50 bits per heavy atom. The zero-order valence-electron chi connectivity index (χ0n) is 5.78. The van der Waals surface area contributed by atoms with E-state index in [0.29, 0.717) is 0 Å². The van der Waals surface area contributed by atoms with Gasteiger partial charge in [0.25, 0.3) is 0 Å². The molecule has 0 saturated carbocycles. The zero-order chi connectivity index (χ0) is 5.98. The second-order valence-corrected chi connectivity index (χ2v) is 2.75. The Morgan fingerprint density at radius 1 is 1.50 bits per heavy atom. The Hall–Kier alpha value is -0.0400. The minimum Gasteiger partial charge on any atom is -0.312 e. The van der Waals surface area contributed by atoms with E-state index in [0.717, 1.165) is 12.1 Å². The van der Waals surface area contributed by atoms with Gasteiger partial charge in [-0.3, -0.25) is 0 Å². The first-order chi connectivity index (χ1) is 3.83. The summed E-state index contributed by atoms with van der Waals surface area (Å²) in [6, 6.07) is 1.60. The maximum absolute atomic E-state index is 3.50. The molecule has 1 unspecified atom stereocenters. The third kappa shape index (κ3) is 1.22. The molecule has 8 heavy (non-hydrogen) atoms. The van der Waals surface area contributed by atoms with Gasteiger partial charge in [-0.25, -0.2) is 0 Å².